The molecule has 0 atom stereocenters. The lowest BCUT2D eigenvalue weighted by atomic mass is 9.89. The van der Waals surface area contributed by atoms with E-state index >= 15 is 0 Å². The number of allylic oxidation sites excluding steroid dienone is 1. The molecule has 1 saturated carbocycles. The molecule has 32 heavy (non-hydrogen) atoms. The monoisotopic (exact) mass is 477 g/mol. The van der Waals surface area contributed by atoms with Crippen molar-refractivity contribution in [2.24, 2.45) is 0 Å². The summed E-state index contributed by atoms with van der Waals surface area (Å²) in [5.41, 5.74) is 1.07. The summed E-state index contributed by atoms with van der Waals surface area (Å²) in [6, 6.07) is 4.89. The summed E-state index contributed by atoms with van der Waals surface area (Å²) in [4.78, 5) is 12.8. The van der Waals surface area contributed by atoms with Gasteiger partial charge in [-0.3, -0.25) is 4.79 Å². The highest BCUT2D eigenvalue weighted by atomic mass is 32.2. The number of aromatic nitrogens is 3. The predicted molar refractivity (Wildman–Crippen MR) is 127 cm³/mol. The number of benzene rings is 1. The van der Waals surface area contributed by atoms with E-state index in [4.69, 9.17) is 0 Å². The van der Waals surface area contributed by atoms with Crippen LogP contribution in [0.5, 0.6) is 0 Å². The van der Waals surface area contributed by atoms with Crippen LogP contribution in [0.1, 0.15) is 49.4 Å². The third kappa shape index (κ3) is 5.60. The molecule has 8 nitrogen and oxygen atoms in total. The topological polar surface area (TPSA) is 97.2 Å². The summed E-state index contributed by atoms with van der Waals surface area (Å²) >= 11 is 1.32. The van der Waals surface area contributed by atoms with Crippen LogP contribution in [0, 0.1) is 6.92 Å². The zero-order chi connectivity index (χ0) is 23.3. The van der Waals surface area contributed by atoms with Crippen LogP contribution >= 0.6 is 11.8 Å². The number of aryl methyl sites for hydroxylation is 1. The van der Waals surface area contributed by atoms with Crippen molar-refractivity contribution < 1.29 is 13.2 Å². The Morgan fingerprint density at radius 1 is 1.28 bits per heavy atom. The van der Waals surface area contributed by atoms with E-state index in [1.807, 2.05) is 6.08 Å². The molecule has 0 bridgehead atoms. The molecule has 1 aromatic heterocycles. The zero-order valence-electron chi connectivity index (χ0n) is 18.9. The van der Waals surface area contributed by atoms with Crippen LogP contribution in [0.3, 0.4) is 0 Å². The van der Waals surface area contributed by atoms with Crippen molar-refractivity contribution >= 4 is 33.4 Å². The molecule has 1 fully saturated rings. The minimum Gasteiger partial charge on any atom is -0.325 e. The molecule has 0 spiro atoms. The van der Waals surface area contributed by atoms with Gasteiger partial charge in [0.2, 0.25) is 15.9 Å². The number of rotatable bonds is 9. The number of amides is 1. The predicted octanol–water partition coefficient (Wildman–Crippen LogP) is 3.80. The first-order valence-electron chi connectivity index (χ1n) is 10.7. The fourth-order valence-corrected chi connectivity index (χ4v) is 5.75. The molecule has 0 saturated heterocycles. The second kappa shape index (κ2) is 10.6. The molecule has 3 rings (SSSR count). The maximum absolute atomic E-state index is 12.6. The Kier molecular flexibility index (Phi) is 8.13. The van der Waals surface area contributed by atoms with E-state index in [0.29, 0.717) is 28.9 Å². The van der Waals surface area contributed by atoms with Crippen molar-refractivity contribution in [3.8, 4) is 0 Å². The quantitative estimate of drug-likeness (QED) is 0.436. The zero-order valence-corrected chi connectivity index (χ0v) is 20.5. The van der Waals surface area contributed by atoms with Gasteiger partial charge in [0.25, 0.3) is 0 Å². The van der Waals surface area contributed by atoms with Gasteiger partial charge in [-0.15, -0.1) is 16.8 Å². The van der Waals surface area contributed by atoms with Crippen LogP contribution in [0.4, 0.5) is 5.69 Å². The van der Waals surface area contributed by atoms with Crippen molar-refractivity contribution in [2.75, 3.05) is 25.2 Å². The molecular formula is C22H31N5O3S2. The highest BCUT2D eigenvalue weighted by Gasteiger charge is 2.24. The fraction of sp³-hybridized carbons (Fsp3) is 0.500. The van der Waals surface area contributed by atoms with Crippen molar-refractivity contribution in [2.45, 2.75) is 61.5 Å². The number of nitrogens with one attached hydrogen (secondary N) is 1. The number of carbonyl (C=O) groups excluding carboxylic acids is 1. The van der Waals surface area contributed by atoms with Gasteiger partial charge in [-0.2, -0.15) is 0 Å². The van der Waals surface area contributed by atoms with E-state index in [-0.39, 0.29) is 16.6 Å². The first-order chi connectivity index (χ1) is 15.2. The SMILES string of the molecule is C=CCn1c(SCC(=O)Nc2ccc(C)c(S(=O)(=O)N(C)C)c2)nnc1C1CCCCC1. The normalized spacial score (nSPS) is 15.1. The fourth-order valence-electron chi connectivity index (χ4n) is 3.85. The average molecular weight is 478 g/mol. The van der Waals surface area contributed by atoms with Crippen molar-refractivity contribution in [3.05, 3.63) is 42.2 Å². The maximum atomic E-state index is 12.6. The minimum absolute atomic E-state index is 0.142. The van der Waals surface area contributed by atoms with Crippen LogP contribution < -0.4 is 5.32 Å². The third-order valence-electron chi connectivity index (χ3n) is 5.59. The Morgan fingerprint density at radius 2 is 2.00 bits per heavy atom. The molecule has 1 aromatic carbocycles. The van der Waals surface area contributed by atoms with E-state index in [1.54, 1.807) is 19.1 Å². The van der Waals surface area contributed by atoms with Crippen LogP contribution in [-0.2, 0) is 21.4 Å². The lowest BCUT2D eigenvalue weighted by Crippen LogP contribution is -2.23. The second-order valence-corrected chi connectivity index (χ2v) is 11.2. The summed E-state index contributed by atoms with van der Waals surface area (Å²) in [6.45, 7) is 6.18. The summed E-state index contributed by atoms with van der Waals surface area (Å²) in [5, 5.41) is 12.2. The standard InChI is InChI=1S/C22H31N5O3S2/c1-5-13-27-21(17-9-7-6-8-10-17)24-25-22(27)31-15-20(28)23-18-12-11-16(2)19(14-18)32(29,30)26(3)4/h5,11-12,14,17H,1,6-10,13,15H2,2-4H3,(H,23,28). The molecule has 0 unspecified atom stereocenters. The summed E-state index contributed by atoms with van der Waals surface area (Å²) in [5.74, 6) is 1.29. The van der Waals surface area contributed by atoms with E-state index in [2.05, 4.69) is 26.7 Å². The van der Waals surface area contributed by atoms with E-state index < -0.39 is 10.0 Å². The molecule has 1 amide bonds. The number of thioether (sulfide) groups is 1. The van der Waals surface area contributed by atoms with Crippen LogP contribution in [-0.4, -0.2) is 53.2 Å². The average Bonchev–Trinajstić information content (AvgIpc) is 3.17. The molecule has 10 heteroatoms. The van der Waals surface area contributed by atoms with Gasteiger partial charge in [-0.05, 0) is 37.5 Å². The Bertz CT molecular complexity index is 1070. The smallest absolute Gasteiger partial charge is 0.242 e. The van der Waals surface area contributed by atoms with E-state index in [1.165, 1.54) is 51.2 Å². The molecule has 174 valence electrons. The minimum atomic E-state index is -3.60. The molecule has 1 N–H and O–H groups in total. The molecule has 1 aliphatic carbocycles. The lowest BCUT2D eigenvalue weighted by Gasteiger charge is -2.21. The Hall–Kier alpha value is -2.17. The Balaban J connectivity index is 1.69. The van der Waals surface area contributed by atoms with Gasteiger partial charge < -0.3 is 9.88 Å². The number of sulfonamides is 1. The van der Waals surface area contributed by atoms with Gasteiger partial charge in [0.05, 0.1) is 10.6 Å². The summed E-state index contributed by atoms with van der Waals surface area (Å²) in [6.07, 6.45) is 7.73. The second-order valence-electron chi connectivity index (χ2n) is 8.18. The molecule has 2 aromatic rings. The first kappa shape index (κ1) is 24.5. The number of anilines is 1. The molecule has 0 aliphatic heterocycles. The van der Waals surface area contributed by atoms with Crippen LogP contribution in [0.2, 0.25) is 0 Å². The maximum Gasteiger partial charge on any atom is 0.242 e. The highest BCUT2D eigenvalue weighted by Crippen LogP contribution is 2.33. The van der Waals surface area contributed by atoms with Crippen molar-refractivity contribution in [3.63, 3.8) is 0 Å². The van der Waals surface area contributed by atoms with Crippen molar-refractivity contribution in [1.82, 2.24) is 19.1 Å². The van der Waals surface area contributed by atoms with Gasteiger partial charge in [-0.1, -0.05) is 43.2 Å². The summed E-state index contributed by atoms with van der Waals surface area (Å²) in [7, 11) is -0.628. The van der Waals surface area contributed by atoms with Gasteiger partial charge in [0, 0.05) is 32.2 Å². The number of hydrogen-bond donors (Lipinski definition) is 1. The molecule has 0 radical (unpaired) electrons. The third-order valence-corrected chi connectivity index (χ3v) is 8.51. The lowest BCUT2D eigenvalue weighted by molar-refractivity contribution is -0.113. The summed E-state index contributed by atoms with van der Waals surface area (Å²) < 4.78 is 28.2. The van der Waals surface area contributed by atoms with Crippen molar-refractivity contribution in [1.29, 1.82) is 0 Å². The molecular weight excluding hydrogens is 446 g/mol. The molecule has 1 heterocycles. The largest absolute Gasteiger partial charge is 0.325 e. The van der Waals surface area contributed by atoms with E-state index in [9.17, 15) is 13.2 Å². The van der Waals surface area contributed by atoms with Crippen LogP contribution in [0.15, 0.2) is 40.9 Å². The number of hydrogen-bond acceptors (Lipinski definition) is 6. The van der Waals surface area contributed by atoms with Crippen LogP contribution in [0.25, 0.3) is 0 Å². The van der Waals surface area contributed by atoms with Gasteiger partial charge in [0.15, 0.2) is 5.16 Å². The van der Waals surface area contributed by atoms with Gasteiger partial charge in [0.1, 0.15) is 5.82 Å². The molecule has 1 aliphatic rings. The highest BCUT2D eigenvalue weighted by molar-refractivity contribution is 7.99. The van der Waals surface area contributed by atoms with E-state index in [0.717, 1.165) is 23.0 Å². The van der Waals surface area contributed by atoms with Gasteiger partial charge >= 0.3 is 0 Å². The van der Waals surface area contributed by atoms with Gasteiger partial charge in [-0.25, -0.2) is 12.7 Å². The number of nitrogens with zero attached hydrogens (tertiary/aromatic N) is 4. The number of carbonyl (C=O) groups is 1. The Labute approximate surface area is 194 Å². The first-order valence-corrected chi connectivity index (χ1v) is 13.2. The Morgan fingerprint density at radius 3 is 2.66 bits per heavy atom.